The quantitative estimate of drug-likeness (QED) is 0.826. The van der Waals surface area contributed by atoms with E-state index in [1.165, 1.54) is 24.4 Å². The summed E-state index contributed by atoms with van der Waals surface area (Å²) in [5.74, 6) is 5.08. The molecule has 1 heterocycles. The molecule has 0 fully saturated rings. The Bertz CT molecular complexity index is 855. The molecule has 1 aromatic heterocycles. The van der Waals surface area contributed by atoms with E-state index in [9.17, 15) is 8.42 Å². The predicted octanol–water partition coefficient (Wildman–Crippen LogP) is 1.16. The van der Waals surface area contributed by atoms with Crippen molar-refractivity contribution in [1.29, 1.82) is 5.26 Å². The lowest BCUT2D eigenvalue weighted by molar-refractivity contribution is 0.350. The van der Waals surface area contributed by atoms with Gasteiger partial charge in [-0.1, -0.05) is 35.3 Å². The monoisotopic (exact) mass is 319 g/mol. The third kappa shape index (κ3) is 3.58. The number of hydrogen-bond donors (Lipinski definition) is 2. The molecule has 0 aliphatic heterocycles. The Morgan fingerprint density at radius 1 is 1.38 bits per heavy atom. The lowest BCUT2D eigenvalue weighted by atomic mass is 10.2. The van der Waals surface area contributed by atoms with Crippen LogP contribution < -0.4 is 4.72 Å². The van der Waals surface area contributed by atoms with Crippen molar-refractivity contribution < 1.29 is 13.5 Å². The van der Waals surface area contributed by atoms with Gasteiger partial charge in [-0.2, -0.15) is 5.26 Å². The van der Waals surface area contributed by atoms with Crippen LogP contribution in [0.3, 0.4) is 0 Å². The average Bonchev–Trinajstić information content (AvgIpc) is 2.91. The summed E-state index contributed by atoms with van der Waals surface area (Å²) >= 11 is 1.04. The lowest BCUT2D eigenvalue weighted by Gasteiger charge is -2.06. The first-order valence-electron chi connectivity index (χ1n) is 5.64. The summed E-state index contributed by atoms with van der Waals surface area (Å²) in [5.41, 5.74) is 0.0573. The molecule has 0 saturated carbocycles. The fourth-order valence-electron chi connectivity index (χ4n) is 1.47. The minimum Gasteiger partial charge on any atom is -0.384 e. The van der Waals surface area contributed by atoms with Gasteiger partial charge in [0.25, 0.3) is 10.0 Å². The summed E-state index contributed by atoms with van der Waals surface area (Å²) in [4.78, 5) is 4.31. The molecule has 0 radical (unpaired) electrons. The summed E-state index contributed by atoms with van der Waals surface area (Å²) in [6.07, 6.45) is 1.40. The van der Waals surface area contributed by atoms with E-state index < -0.39 is 10.0 Å². The van der Waals surface area contributed by atoms with Crippen molar-refractivity contribution in [1.82, 2.24) is 4.98 Å². The van der Waals surface area contributed by atoms with E-state index in [2.05, 4.69) is 21.5 Å². The number of anilines is 1. The molecule has 2 N–H and O–H groups in total. The van der Waals surface area contributed by atoms with Crippen LogP contribution in [-0.4, -0.2) is 25.1 Å². The molecule has 0 bridgehead atoms. The highest BCUT2D eigenvalue weighted by atomic mass is 32.2. The number of thiazole rings is 1. The number of benzene rings is 1. The van der Waals surface area contributed by atoms with Crippen LogP contribution in [0.1, 0.15) is 10.4 Å². The van der Waals surface area contributed by atoms with Crippen LogP contribution in [0.4, 0.5) is 5.13 Å². The molecule has 1 aromatic carbocycles. The molecular weight excluding hydrogens is 310 g/mol. The zero-order valence-corrected chi connectivity index (χ0v) is 12.2. The molecule has 21 heavy (non-hydrogen) atoms. The predicted molar refractivity (Wildman–Crippen MR) is 78.0 cm³/mol. The molecule has 0 aliphatic carbocycles. The maximum Gasteiger partial charge on any atom is 0.264 e. The van der Waals surface area contributed by atoms with Crippen molar-refractivity contribution in [2.24, 2.45) is 0 Å². The minimum atomic E-state index is -3.89. The Kier molecular flexibility index (Phi) is 4.55. The smallest absolute Gasteiger partial charge is 0.264 e. The third-order valence-electron chi connectivity index (χ3n) is 2.32. The Labute approximate surface area is 125 Å². The maximum atomic E-state index is 12.2. The summed E-state index contributed by atoms with van der Waals surface area (Å²) in [6.45, 7) is -0.283. The normalized spacial score (nSPS) is 10.3. The standard InChI is InChI=1S/C13H9N3O3S2/c14-8-10-4-1-2-6-12(10)21(18,19)16-13-15-9-11(20-13)5-3-7-17/h1-2,4,6,9,17H,7H2,(H,15,16). The molecule has 0 atom stereocenters. The zero-order valence-electron chi connectivity index (χ0n) is 10.6. The summed E-state index contributed by atoms with van der Waals surface area (Å²) in [7, 11) is -3.89. The highest BCUT2D eigenvalue weighted by molar-refractivity contribution is 7.93. The molecule has 0 spiro atoms. The number of sulfonamides is 1. The van der Waals surface area contributed by atoms with Gasteiger partial charge >= 0.3 is 0 Å². The number of nitriles is 1. The largest absolute Gasteiger partial charge is 0.384 e. The van der Waals surface area contributed by atoms with Gasteiger partial charge < -0.3 is 5.11 Å². The summed E-state index contributed by atoms with van der Waals surface area (Å²) in [5, 5.41) is 17.7. The molecule has 8 heteroatoms. The second kappa shape index (κ2) is 6.37. The number of aliphatic hydroxyl groups is 1. The van der Waals surface area contributed by atoms with Crippen LogP contribution in [0.25, 0.3) is 0 Å². The van der Waals surface area contributed by atoms with Gasteiger partial charge in [-0.15, -0.1) is 0 Å². The van der Waals surface area contributed by atoms with Crippen LogP contribution >= 0.6 is 11.3 Å². The van der Waals surface area contributed by atoms with E-state index in [0.717, 1.165) is 11.3 Å². The SMILES string of the molecule is N#Cc1ccccc1S(=O)(=O)Nc1ncc(C#CCO)s1. The second-order valence-corrected chi connectivity index (χ2v) is 6.38. The van der Waals surface area contributed by atoms with Gasteiger partial charge in [0.15, 0.2) is 5.13 Å². The molecule has 0 unspecified atom stereocenters. The highest BCUT2D eigenvalue weighted by Crippen LogP contribution is 2.22. The van der Waals surface area contributed by atoms with Crippen molar-refractivity contribution in [2.45, 2.75) is 4.90 Å². The van der Waals surface area contributed by atoms with Crippen molar-refractivity contribution in [3.8, 4) is 17.9 Å². The van der Waals surface area contributed by atoms with Gasteiger partial charge in [-0.3, -0.25) is 4.72 Å². The highest BCUT2D eigenvalue weighted by Gasteiger charge is 2.19. The Morgan fingerprint density at radius 2 is 2.14 bits per heavy atom. The summed E-state index contributed by atoms with van der Waals surface area (Å²) < 4.78 is 26.8. The first-order valence-corrected chi connectivity index (χ1v) is 7.94. The number of rotatable bonds is 3. The van der Waals surface area contributed by atoms with Crippen LogP contribution in [0.15, 0.2) is 35.4 Å². The zero-order chi connectivity index (χ0) is 15.3. The van der Waals surface area contributed by atoms with Crippen molar-refractivity contribution in [3.05, 3.63) is 40.9 Å². The van der Waals surface area contributed by atoms with Gasteiger partial charge in [0.2, 0.25) is 0 Å². The fourth-order valence-corrected chi connectivity index (χ4v) is 3.56. The fraction of sp³-hybridized carbons (Fsp3) is 0.0769. The van der Waals surface area contributed by atoms with E-state index in [1.807, 2.05) is 6.07 Å². The van der Waals surface area contributed by atoms with Crippen LogP contribution in [-0.2, 0) is 10.0 Å². The molecule has 6 nitrogen and oxygen atoms in total. The molecule has 0 saturated heterocycles. The van der Waals surface area contributed by atoms with Gasteiger partial charge in [0.1, 0.15) is 17.6 Å². The molecule has 0 amide bonds. The Morgan fingerprint density at radius 3 is 2.86 bits per heavy atom. The van der Waals surface area contributed by atoms with Crippen molar-refractivity contribution in [3.63, 3.8) is 0 Å². The molecular formula is C13H9N3O3S2. The van der Waals surface area contributed by atoms with E-state index in [-0.39, 0.29) is 22.2 Å². The average molecular weight is 319 g/mol. The number of aromatic nitrogens is 1. The third-order valence-corrected chi connectivity index (χ3v) is 4.67. The second-order valence-electron chi connectivity index (χ2n) is 3.70. The summed E-state index contributed by atoms with van der Waals surface area (Å²) in [6, 6.07) is 7.73. The first-order chi connectivity index (χ1) is 10.1. The number of nitrogens with zero attached hydrogens (tertiary/aromatic N) is 2. The van der Waals surface area contributed by atoms with Gasteiger partial charge in [-0.25, -0.2) is 13.4 Å². The van der Waals surface area contributed by atoms with Gasteiger partial charge in [-0.05, 0) is 12.1 Å². The van der Waals surface area contributed by atoms with Crippen LogP contribution in [0.2, 0.25) is 0 Å². The van der Waals surface area contributed by atoms with Gasteiger partial charge in [0.05, 0.1) is 16.6 Å². The Balaban J connectivity index is 2.30. The number of aliphatic hydroxyl groups excluding tert-OH is 1. The molecule has 0 aliphatic rings. The number of hydrogen-bond acceptors (Lipinski definition) is 6. The number of nitrogens with one attached hydrogen (secondary N) is 1. The van der Waals surface area contributed by atoms with E-state index in [4.69, 9.17) is 10.4 Å². The van der Waals surface area contributed by atoms with E-state index in [1.54, 1.807) is 6.07 Å². The first kappa shape index (κ1) is 15.0. The van der Waals surface area contributed by atoms with E-state index in [0.29, 0.717) is 4.88 Å². The maximum absolute atomic E-state index is 12.2. The van der Waals surface area contributed by atoms with E-state index >= 15 is 0 Å². The topological polar surface area (TPSA) is 103 Å². The van der Waals surface area contributed by atoms with Crippen molar-refractivity contribution >= 4 is 26.5 Å². The Hall–Kier alpha value is -2.39. The van der Waals surface area contributed by atoms with Crippen LogP contribution in [0, 0.1) is 23.2 Å². The molecule has 106 valence electrons. The van der Waals surface area contributed by atoms with Crippen LogP contribution in [0.5, 0.6) is 0 Å². The molecule has 2 rings (SSSR count). The lowest BCUT2D eigenvalue weighted by Crippen LogP contribution is -2.14. The minimum absolute atomic E-state index is 0.0573. The molecule has 2 aromatic rings. The van der Waals surface area contributed by atoms with Gasteiger partial charge in [0, 0.05) is 0 Å². The van der Waals surface area contributed by atoms with Crippen molar-refractivity contribution in [2.75, 3.05) is 11.3 Å².